The number of furan rings is 1. The number of hydrogen-bond donors (Lipinski definition) is 6. The number of thioether (sulfide) groups is 2. The molecule has 0 aliphatic carbocycles. The van der Waals surface area contributed by atoms with Gasteiger partial charge in [0.2, 0.25) is 17.7 Å². The quantitative estimate of drug-likeness (QED) is 0.00914. The summed E-state index contributed by atoms with van der Waals surface area (Å²) < 4.78 is 37.1. The number of nitrogens with zero attached hydrogens (tertiary/aromatic N) is 6. The maximum absolute atomic E-state index is 13.5. The van der Waals surface area contributed by atoms with Gasteiger partial charge in [0.05, 0.1) is 128 Å². The number of fused-ring (bicyclic) bond motifs is 1. The highest BCUT2D eigenvalue weighted by molar-refractivity contribution is 8.00. The molecule has 6 N–H and O–H groups in total. The fourth-order valence-corrected chi connectivity index (χ4v) is 13.4. The van der Waals surface area contributed by atoms with Crippen LogP contribution in [-0.2, 0) is 70.5 Å². The number of amides is 6. The van der Waals surface area contributed by atoms with Crippen LogP contribution in [0.4, 0.5) is 4.79 Å². The first kappa shape index (κ1) is 79.6. The minimum Gasteiger partial charge on any atom is -0.472 e. The molecule has 26 heteroatoms. The Bertz CT molecular complexity index is 3370. The number of carbonyl (C=O) groups is 6. The minimum absolute atomic E-state index is 0.0343. The lowest BCUT2D eigenvalue weighted by Crippen LogP contribution is -2.49. The Hall–Kier alpha value is -7.72. The normalized spacial score (nSPS) is 15.9. The average Bonchev–Trinajstić information content (AvgIpc) is 1.65. The van der Waals surface area contributed by atoms with Crippen molar-refractivity contribution in [3.63, 3.8) is 0 Å². The first-order valence-corrected chi connectivity index (χ1v) is 37.3. The predicted molar refractivity (Wildman–Crippen MR) is 389 cm³/mol. The fourth-order valence-electron chi connectivity index (χ4n) is 11.0. The second-order valence-corrected chi connectivity index (χ2v) is 27.4. The van der Waals surface area contributed by atoms with Gasteiger partial charge in [0, 0.05) is 59.2 Å². The Kier molecular flexibility index (Phi) is 37.1. The zero-order valence-corrected chi connectivity index (χ0v) is 60.4. The standard InChI is InChI=1S/C74H104N12O12S2/c1-55(16-11-17-57(3)20-13-21-59-32-37-98-51-59)14-10-15-56(2)18-12-19-58(4)26-31-63-49-85(83-81-63)35-40-95-44-42-93-38-33-75-69(88)54-99-52-66(78-72(90)62-29-27-61(28-30-62)71(89)60-22-6-5-7-23-60)73(91)76-34-39-94-43-46-97-47-45-96-41-36-86-50-64(82-84-86)48-77-68(87)25-9-8-24-67-70-65(53-100-67)79-74(92)80-70/h5-7,15-16,19-20,22-23,27-30,32,37,49-51,65-67,70H,8-14,17-18,21,24-26,31,33-36,38-48,52-54H2,1-4H3,(H,75,88)(H,76,91)(H,77,87)(H,78,90)(H2,79,80,92)/b55-16+,56-15+,57-20+,58-19+/t65-,66-,67-,70-/m0/s1. The third-order valence-corrected chi connectivity index (χ3v) is 19.4. The zero-order chi connectivity index (χ0) is 70.8. The highest BCUT2D eigenvalue weighted by Crippen LogP contribution is 2.33. The molecule has 0 radical (unpaired) electrons. The molecule has 24 nitrogen and oxygen atoms in total. The number of aromatic nitrogens is 6. The van der Waals surface area contributed by atoms with Crippen LogP contribution in [0, 0.1) is 0 Å². The number of rotatable bonds is 52. The molecular weight excluding hydrogens is 1310 g/mol. The van der Waals surface area contributed by atoms with Crippen LogP contribution < -0.4 is 31.9 Å². The van der Waals surface area contributed by atoms with Crippen LogP contribution in [0.3, 0.4) is 0 Å². The summed E-state index contributed by atoms with van der Waals surface area (Å²) in [5, 5.41) is 34.6. The Morgan fingerprint density at radius 3 is 1.83 bits per heavy atom. The van der Waals surface area contributed by atoms with Crippen molar-refractivity contribution in [2.75, 3.05) is 96.4 Å². The number of hydrogen-bond acceptors (Lipinski definition) is 18. The number of allylic oxidation sites excluding steroid dienone is 8. The summed E-state index contributed by atoms with van der Waals surface area (Å²) in [6.45, 7) is 14.0. The molecule has 3 aromatic heterocycles. The SMILES string of the molecule is C/C(=C\CC/C(C)=C/CCc1ccoc1)CC/C=C(\C)CC/C=C(\C)CCc1cn(CCOCCOCCNC(=O)CSC[C@H](NC(=O)c2ccc(C(=O)c3ccccc3)cc2)C(=O)NCCOCCOCCOCCn2cc(CNC(=O)CCCC[C@@H]3SC[C@@H]4NC(=O)N[C@@H]43)nn2)nn1. The number of ether oxygens (including phenoxy) is 5. The highest BCUT2D eigenvalue weighted by atomic mass is 32.2. The molecule has 5 aromatic rings. The molecule has 0 unspecified atom stereocenters. The molecule has 2 aliphatic rings. The molecular formula is C74H104N12O12S2. The van der Waals surface area contributed by atoms with Crippen LogP contribution in [0.1, 0.15) is 148 Å². The second-order valence-electron chi connectivity index (χ2n) is 25.1. The van der Waals surface area contributed by atoms with Crippen LogP contribution >= 0.6 is 23.5 Å². The molecule has 4 atom stereocenters. The third kappa shape index (κ3) is 31.9. The van der Waals surface area contributed by atoms with Gasteiger partial charge in [-0.05, 0) is 129 Å². The maximum atomic E-state index is 13.5. The molecule has 2 aromatic carbocycles. The van der Waals surface area contributed by atoms with Crippen molar-refractivity contribution in [3.8, 4) is 0 Å². The molecule has 2 fully saturated rings. The summed E-state index contributed by atoms with van der Waals surface area (Å²) in [5.74, 6) is -0.368. The molecule has 0 spiro atoms. The molecule has 2 saturated heterocycles. The molecule has 0 saturated carbocycles. The van der Waals surface area contributed by atoms with E-state index < -0.39 is 17.9 Å². The molecule has 100 heavy (non-hydrogen) atoms. The van der Waals surface area contributed by atoms with Gasteiger partial charge in [0.25, 0.3) is 5.91 Å². The van der Waals surface area contributed by atoms with Crippen LogP contribution in [-0.4, -0.2) is 185 Å². The number of benzene rings is 2. The Labute approximate surface area is 597 Å². The van der Waals surface area contributed by atoms with Gasteiger partial charge in [-0.25, -0.2) is 14.2 Å². The summed E-state index contributed by atoms with van der Waals surface area (Å²) in [4.78, 5) is 76.9. The molecule has 7 rings (SSSR count). The van der Waals surface area contributed by atoms with Crippen LogP contribution in [0.25, 0.3) is 0 Å². The highest BCUT2D eigenvalue weighted by Gasteiger charge is 2.42. The van der Waals surface area contributed by atoms with Crippen molar-refractivity contribution >= 4 is 59.0 Å². The van der Waals surface area contributed by atoms with E-state index in [4.69, 9.17) is 28.1 Å². The lowest BCUT2D eigenvalue weighted by Gasteiger charge is -2.18. The van der Waals surface area contributed by atoms with E-state index in [0.29, 0.717) is 94.4 Å². The van der Waals surface area contributed by atoms with Gasteiger partial charge in [0.15, 0.2) is 5.78 Å². The van der Waals surface area contributed by atoms with Gasteiger partial charge in [-0.1, -0.05) is 106 Å². The number of urea groups is 1. The first-order valence-electron chi connectivity index (χ1n) is 35.1. The average molecular weight is 1420 g/mol. The monoisotopic (exact) mass is 1420 g/mol. The summed E-state index contributed by atoms with van der Waals surface area (Å²) in [6.07, 6.45) is 30.2. The van der Waals surface area contributed by atoms with E-state index >= 15 is 0 Å². The summed E-state index contributed by atoms with van der Waals surface area (Å²) in [7, 11) is 0. The van der Waals surface area contributed by atoms with Crippen molar-refractivity contribution < 1.29 is 56.9 Å². The number of aryl methyl sites for hydroxylation is 2. The molecule has 6 amide bonds. The Balaban J connectivity index is 0.685. The van der Waals surface area contributed by atoms with E-state index in [9.17, 15) is 28.8 Å². The summed E-state index contributed by atoms with van der Waals surface area (Å²) in [6, 6.07) is 16.4. The number of carbonyl (C=O) groups excluding carboxylic acids is 6. The molecule has 2 aliphatic heterocycles. The maximum Gasteiger partial charge on any atom is 0.315 e. The summed E-state index contributed by atoms with van der Waals surface area (Å²) in [5.41, 5.74) is 9.76. The van der Waals surface area contributed by atoms with E-state index in [-0.39, 0.29) is 85.7 Å². The van der Waals surface area contributed by atoms with Crippen molar-refractivity contribution in [1.29, 1.82) is 0 Å². The van der Waals surface area contributed by atoms with E-state index in [1.807, 2.05) is 36.4 Å². The van der Waals surface area contributed by atoms with E-state index in [2.05, 4.69) is 105 Å². The number of nitrogens with one attached hydrogen (secondary N) is 6. The van der Waals surface area contributed by atoms with E-state index in [1.54, 1.807) is 58.2 Å². The predicted octanol–water partition coefficient (Wildman–Crippen LogP) is 9.27. The largest absolute Gasteiger partial charge is 0.472 e. The molecule has 5 heterocycles. The van der Waals surface area contributed by atoms with Gasteiger partial charge >= 0.3 is 6.03 Å². The second kappa shape index (κ2) is 46.7. The third-order valence-electron chi connectivity index (χ3n) is 16.8. The smallest absolute Gasteiger partial charge is 0.315 e. The van der Waals surface area contributed by atoms with Crippen molar-refractivity contribution in [2.45, 2.75) is 161 Å². The van der Waals surface area contributed by atoms with Crippen LogP contribution in [0.5, 0.6) is 0 Å². The Morgan fingerprint density at radius 1 is 0.620 bits per heavy atom. The van der Waals surface area contributed by atoms with Gasteiger partial charge in [0.1, 0.15) is 11.7 Å². The van der Waals surface area contributed by atoms with Gasteiger partial charge in [-0.3, -0.25) is 24.0 Å². The van der Waals surface area contributed by atoms with Crippen LogP contribution in [0.2, 0.25) is 0 Å². The van der Waals surface area contributed by atoms with Crippen LogP contribution in [0.15, 0.2) is 137 Å². The van der Waals surface area contributed by atoms with Gasteiger partial charge in [-0.2, -0.15) is 11.8 Å². The lowest BCUT2D eigenvalue weighted by molar-refractivity contribution is -0.123. The first-order chi connectivity index (χ1) is 48.7. The molecule has 0 bridgehead atoms. The van der Waals surface area contributed by atoms with Gasteiger partial charge < -0.3 is 60.0 Å². The molecule has 544 valence electrons. The summed E-state index contributed by atoms with van der Waals surface area (Å²) >= 11 is 3.08. The van der Waals surface area contributed by atoms with E-state index in [0.717, 1.165) is 94.9 Å². The topological polar surface area (TPSA) is 295 Å². The Morgan fingerprint density at radius 2 is 1.19 bits per heavy atom. The van der Waals surface area contributed by atoms with Gasteiger partial charge in [-0.15, -0.1) is 22.0 Å². The van der Waals surface area contributed by atoms with Crippen molar-refractivity contribution in [3.05, 3.63) is 166 Å². The van der Waals surface area contributed by atoms with Crippen molar-refractivity contribution in [2.24, 2.45) is 0 Å². The zero-order valence-electron chi connectivity index (χ0n) is 58.7. The lowest BCUT2D eigenvalue weighted by atomic mass is 10.0. The minimum atomic E-state index is -0.996. The van der Waals surface area contributed by atoms with Crippen molar-refractivity contribution in [1.82, 2.24) is 61.9 Å². The number of unbranched alkanes of at least 4 members (excludes halogenated alkanes) is 1. The van der Waals surface area contributed by atoms with E-state index in [1.165, 1.54) is 51.8 Å². The number of ketones is 1. The fraction of sp³-hybridized carbons (Fsp3) is 0.541.